The van der Waals surface area contributed by atoms with Gasteiger partial charge in [-0.3, -0.25) is 4.79 Å². The number of nitrogens with two attached hydrogens (primary N) is 1. The molecule has 4 N–H and O–H groups in total. The highest BCUT2D eigenvalue weighted by Gasteiger charge is 2.25. The molecule has 0 radical (unpaired) electrons. The van der Waals surface area contributed by atoms with E-state index < -0.39 is 0 Å². The van der Waals surface area contributed by atoms with Crippen molar-refractivity contribution in [1.29, 1.82) is 0 Å². The standard InChI is InChI=1S/C18H21N3O/c1-2-12-3-6-14(7-4-12)20-17-10-5-13(19)11-16(17)18(22)21-15-8-9-15/h3-7,10-11,15,20H,2,8-9,19H2,1H3,(H,21,22). The summed E-state index contributed by atoms with van der Waals surface area (Å²) in [6.07, 6.45) is 3.14. The fourth-order valence-electron chi connectivity index (χ4n) is 2.33. The van der Waals surface area contributed by atoms with E-state index in [0.717, 1.165) is 30.6 Å². The predicted octanol–water partition coefficient (Wildman–Crippen LogP) is 3.47. The van der Waals surface area contributed by atoms with E-state index in [0.29, 0.717) is 17.3 Å². The van der Waals surface area contributed by atoms with Crippen molar-refractivity contribution in [2.75, 3.05) is 11.1 Å². The number of rotatable bonds is 5. The third-order valence-electron chi connectivity index (χ3n) is 3.84. The van der Waals surface area contributed by atoms with Gasteiger partial charge in [0.1, 0.15) is 0 Å². The first-order valence-corrected chi connectivity index (χ1v) is 7.72. The number of benzene rings is 2. The lowest BCUT2D eigenvalue weighted by Crippen LogP contribution is -2.26. The first-order valence-electron chi connectivity index (χ1n) is 7.72. The van der Waals surface area contributed by atoms with Crippen LogP contribution in [-0.2, 0) is 6.42 Å². The minimum atomic E-state index is -0.0671. The number of nitrogen functional groups attached to an aromatic ring is 1. The summed E-state index contributed by atoms with van der Waals surface area (Å²) in [4.78, 5) is 12.4. The van der Waals surface area contributed by atoms with E-state index in [1.165, 1.54) is 5.56 Å². The lowest BCUT2D eigenvalue weighted by atomic mass is 10.1. The fraction of sp³-hybridized carbons (Fsp3) is 0.278. The number of hydrogen-bond donors (Lipinski definition) is 3. The molecule has 0 unspecified atom stereocenters. The van der Waals surface area contributed by atoms with Crippen LogP contribution in [0.1, 0.15) is 35.7 Å². The molecule has 0 heterocycles. The van der Waals surface area contributed by atoms with Gasteiger partial charge < -0.3 is 16.4 Å². The van der Waals surface area contributed by atoms with Gasteiger partial charge in [-0.25, -0.2) is 0 Å². The second-order valence-electron chi connectivity index (χ2n) is 5.73. The molecule has 2 aromatic rings. The Morgan fingerprint density at radius 1 is 1.18 bits per heavy atom. The molecule has 1 fully saturated rings. The molecule has 1 amide bonds. The Labute approximate surface area is 130 Å². The number of carbonyl (C=O) groups is 1. The predicted molar refractivity (Wildman–Crippen MR) is 90.4 cm³/mol. The molecule has 114 valence electrons. The van der Waals surface area contributed by atoms with Crippen LogP contribution in [0.3, 0.4) is 0 Å². The van der Waals surface area contributed by atoms with Crippen molar-refractivity contribution in [3.63, 3.8) is 0 Å². The molecule has 1 aliphatic carbocycles. The average Bonchev–Trinajstić information content (AvgIpc) is 3.33. The van der Waals surface area contributed by atoms with Gasteiger partial charge in [-0.15, -0.1) is 0 Å². The molecule has 0 bridgehead atoms. The number of carbonyl (C=O) groups excluding carboxylic acids is 1. The molecule has 4 heteroatoms. The molecule has 3 rings (SSSR count). The molecule has 1 saturated carbocycles. The molecule has 1 aliphatic rings. The van der Waals surface area contributed by atoms with Crippen LogP contribution < -0.4 is 16.4 Å². The molecule has 22 heavy (non-hydrogen) atoms. The summed E-state index contributed by atoms with van der Waals surface area (Å²) < 4.78 is 0. The number of hydrogen-bond acceptors (Lipinski definition) is 3. The van der Waals surface area contributed by atoms with Gasteiger partial charge in [0.25, 0.3) is 5.91 Å². The van der Waals surface area contributed by atoms with Crippen LogP contribution >= 0.6 is 0 Å². The van der Waals surface area contributed by atoms with Crippen LogP contribution in [-0.4, -0.2) is 11.9 Å². The number of amides is 1. The van der Waals surface area contributed by atoms with E-state index in [1.54, 1.807) is 12.1 Å². The summed E-state index contributed by atoms with van der Waals surface area (Å²) in [6, 6.07) is 13.9. The van der Waals surface area contributed by atoms with Gasteiger partial charge in [0.05, 0.1) is 11.3 Å². The van der Waals surface area contributed by atoms with Crippen LogP contribution in [0, 0.1) is 0 Å². The SMILES string of the molecule is CCc1ccc(Nc2ccc(N)cc2C(=O)NC2CC2)cc1. The monoisotopic (exact) mass is 295 g/mol. The van der Waals surface area contributed by atoms with Gasteiger partial charge in [0, 0.05) is 17.4 Å². The Bertz CT molecular complexity index is 675. The van der Waals surface area contributed by atoms with Crippen LogP contribution in [0.5, 0.6) is 0 Å². The molecule has 0 atom stereocenters. The smallest absolute Gasteiger partial charge is 0.253 e. The van der Waals surface area contributed by atoms with Crippen molar-refractivity contribution in [3.8, 4) is 0 Å². The van der Waals surface area contributed by atoms with E-state index >= 15 is 0 Å². The van der Waals surface area contributed by atoms with Gasteiger partial charge in [-0.2, -0.15) is 0 Å². The highest BCUT2D eigenvalue weighted by atomic mass is 16.1. The van der Waals surface area contributed by atoms with Gasteiger partial charge in [-0.05, 0) is 55.2 Å². The minimum Gasteiger partial charge on any atom is -0.399 e. The lowest BCUT2D eigenvalue weighted by molar-refractivity contribution is 0.0952. The maximum Gasteiger partial charge on any atom is 0.253 e. The van der Waals surface area contributed by atoms with E-state index in [4.69, 9.17) is 5.73 Å². The summed E-state index contributed by atoms with van der Waals surface area (Å²) in [7, 11) is 0. The van der Waals surface area contributed by atoms with Crippen LogP contribution in [0.15, 0.2) is 42.5 Å². The Morgan fingerprint density at radius 3 is 2.55 bits per heavy atom. The zero-order chi connectivity index (χ0) is 15.5. The van der Waals surface area contributed by atoms with E-state index in [9.17, 15) is 4.79 Å². The van der Waals surface area contributed by atoms with Crippen molar-refractivity contribution >= 4 is 23.0 Å². The summed E-state index contributed by atoms with van der Waals surface area (Å²) in [6.45, 7) is 2.13. The van der Waals surface area contributed by atoms with Crippen LogP contribution in [0.2, 0.25) is 0 Å². The van der Waals surface area contributed by atoms with Gasteiger partial charge in [0.2, 0.25) is 0 Å². The maximum absolute atomic E-state index is 12.4. The molecule has 0 saturated heterocycles. The first-order chi connectivity index (χ1) is 10.7. The fourth-order valence-corrected chi connectivity index (χ4v) is 2.33. The molecular formula is C18H21N3O. The lowest BCUT2D eigenvalue weighted by Gasteiger charge is -2.13. The molecule has 2 aromatic carbocycles. The third-order valence-corrected chi connectivity index (χ3v) is 3.84. The van der Waals surface area contributed by atoms with Crippen molar-refractivity contribution in [2.24, 2.45) is 0 Å². The number of aryl methyl sites for hydroxylation is 1. The van der Waals surface area contributed by atoms with E-state index in [2.05, 4.69) is 29.7 Å². The first kappa shape index (κ1) is 14.4. The molecular weight excluding hydrogens is 274 g/mol. The van der Waals surface area contributed by atoms with Gasteiger partial charge in [0.15, 0.2) is 0 Å². The van der Waals surface area contributed by atoms with Crippen LogP contribution in [0.25, 0.3) is 0 Å². The summed E-state index contributed by atoms with van der Waals surface area (Å²) >= 11 is 0. The Kier molecular flexibility index (Phi) is 4.00. The quantitative estimate of drug-likeness (QED) is 0.740. The highest BCUT2D eigenvalue weighted by Crippen LogP contribution is 2.25. The van der Waals surface area contributed by atoms with Crippen LogP contribution in [0.4, 0.5) is 17.1 Å². The normalized spacial score (nSPS) is 13.7. The Hall–Kier alpha value is -2.49. The Morgan fingerprint density at radius 2 is 1.91 bits per heavy atom. The number of nitrogens with one attached hydrogen (secondary N) is 2. The molecule has 0 aliphatic heterocycles. The third kappa shape index (κ3) is 3.39. The number of anilines is 3. The summed E-state index contributed by atoms with van der Waals surface area (Å²) in [5.41, 5.74) is 10.0. The zero-order valence-corrected chi connectivity index (χ0v) is 12.7. The van der Waals surface area contributed by atoms with Gasteiger partial charge in [-0.1, -0.05) is 19.1 Å². The van der Waals surface area contributed by atoms with Crippen molar-refractivity contribution in [2.45, 2.75) is 32.2 Å². The zero-order valence-electron chi connectivity index (χ0n) is 12.7. The molecule has 0 aromatic heterocycles. The molecule has 4 nitrogen and oxygen atoms in total. The summed E-state index contributed by atoms with van der Waals surface area (Å²) in [5.74, 6) is -0.0671. The highest BCUT2D eigenvalue weighted by molar-refractivity contribution is 6.01. The largest absolute Gasteiger partial charge is 0.399 e. The van der Waals surface area contributed by atoms with Crippen molar-refractivity contribution in [3.05, 3.63) is 53.6 Å². The van der Waals surface area contributed by atoms with E-state index in [1.807, 2.05) is 18.2 Å². The van der Waals surface area contributed by atoms with Crippen molar-refractivity contribution < 1.29 is 4.79 Å². The summed E-state index contributed by atoms with van der Waals surface area (Å²) in [5, 5.41) is 6.32. The maximum atomic E-state index is 12.4. The Balaban J connectivity index is 1.83. The van der Waals surface area contributed by atoms with E-state index in [-0.39, 0.29) is 5.91 Å². The topological polar surface area (TPSA) is 67.1 Å². The molecule has 0 spiro atoms. The second-order valence-corrected chi connectivity index (χ2v) is 5.73. The van der Waals surface area contributed by atoms with Gasteiger partial charge >= 0.3 is 0 Å². The van der Waals surface area contributed by atoms with Crippen molar-refractivity contribution in [1.82, 2.24) is 5.32 Å². The minimum absolute atomic E-state index is 0.0671. The second kappa shape index (κ2) is 6.10. The average molecular weight is 295 g/mol.